The third-order valence-electron chi connectivity index (χ3n) is 13.4. The van der Waals surface area contributed by atoms with E-state index in [2.05, 4.69) is 42.0 Å². The van der Waals surface area contributed by atoms with Crippen molar-refractivity contribution in [1.82, 2.24) is 15.1 Å². The van der Waals surface area contributed by atoms with Crippen LogP contribution in [0.3, 0.4) is 0 Å². The van der Waals surface area contributed by atoms with Gasteiger partial charge in [-0.25, -0.2) is 4.79 Å². The minimum absolute atomic E-state index is 0.0568. The fourth-order valence-electron chi connectivity index (χ4n) is 11.0. The van der Waals surface area contributed by atoms with Gasteiger partial charge in [0, 0.05) is 57.6 Å². The molecule has 7 aliphatic rings. The van der Waals surface area contributed by atoms with Crippen LogP contribution < -0.4 is 19.5 Å². The van der Waals surface area contributed by atoms with Gasteiger partial charge in [-0.1, -0.05) is 31.2 Å². The smallest absolute Gasteiger partial charge is 0.335 e. The minimum atomic E-state index is -1.43. The maximum atomic E-state index is 14.8. The number of esters is 1. The predicted molar refractivity (Wildman–Crippen MR) is 205 cm³/mol. The first-order chi connectivity index (χ1) is 26.6. The van der Waals surface area contributed by atoms with Gasteiger partial charge in [0.05, 0.1) is 32.4 Å². The van der Waals surface area contributed by atoms with Crippen LogP contribution >= 0.6 is 11.8 Å². The number of phenols is 1. The summed E-state index contributed by atoms with van der Waals surface area (Å²) in [5, 5.41) is 39.7. The largest absolute Gasteiger partial charge is 0.504 e. The molecule has 11 rings (SSSR count). The van der Waals surface area contributed by atoms with Crippen LogP contribution in [0.15, 0.2) is 34.7 Å². The molecule has 1 aromatic heterocycles. The summed E-state index contributed by atoms with van der Waals surface area (Å²) in [5.41, 5.74) is 6.91. The van der Waals surface area contributed by atoms with Crippen LogP contribution in [0.25, 0.3) is 11.0 Å². The zero-order chi connectivity index (χ0) is 38.1. The number of benzene rings is 3. The molecule has 12 nitrogen and oxygen atoms in total. The number of carbonyl (C=O) groups is 1. The van der Waals surface area contributed by atoms with Crippen molar-refractivity contribution in [2.75, 3.05) is 39.4 Å². The van der Waals surface area contributed by atoms with Gasteiger partial charge in [0.25, 0.3) is 0 Å². The molecule has 55 heavy (non-hydrogen) atoms. The SMILES string of the molecule is CCN1[C@@H]2c3c(cc(C)c(OC)c3O)C[C@H]1[C@H](O)N1[C@H]2[C@@H]2SC[C@]3(N[C@H](CO)Cc4c3oc3ccccc43)C(=O)OCC[C@H]1c1c3c(c(C)c(C)c12)OCO3. The van der Waals surface area contributed by atoms with Crippen LogP contribution in [0.1, 0.15) is 80.9 Å². The lowest BCUT2D eigenvalue weighted by Gasteiger charge is -2.62. The van der Waals surface area contributed by atoms with E-state index in [9.17, 15) is 20.1 Å². The number of aliphatic hydroxyl groups excluding tert-OH is 2. The first-order valence-electron chi connectivity index (χ1n) is 19.3. The summed E-state index contributed by atoms with van der Waals surface area (Å²) in [6.07, 6.45) is 0.520. The highest BCUT2D eigenvalue weighted by Gasteiger charge is 2.61. The lowest BCUT2D eigenvalue weighted by atomic mass is 9.71. The zero-order valence-corrected chi connectivity index (χ0v) is 32.5. The van der Waals surface area contributed by atoms with E-state index >= 15 is 0 Å². The molecule has 0 amide bonds. The number of para-hydroxylation sites is 1. The number of carbonyl (C=O) groups excluding carboxylic acids is 1. The molecular weight excluding hydrogens is 723 g/mol. The van der Waals surface area contributed by atoms with E-state index < -0.39 is 29.8 Å². The van der Waals surface area contributed by atoms with Crippen LogP contribution in [0.2, 0.25) is 0 Å². The van der Waals surface area contributed by atoms with Crippen molar-refractivity contribution in [3.05, 3.63) is 80.6 Å². The fourth-order valence-corrected chi connectivity index (χ4v) is 12.7. The number of likely N-dealkylation sites (N-methyl/N-ethyl adjacent to an activating group) is 1. The van der Waals surface area contributed by atoms with Gasteiger partial charge in [0.1, 0.15) is 17.6 Å². The van der Waals surface area contributed by atoms with Gasteiger partial charge in [0.2, 0.25) is 6.79 Å². The Kier molecular flexibility index (Phi) is 8.23. The number of piperazine rings is 1. The summed E-state index contributed by atoms with van der Waals surface area (Å²) in [6, 6.07) is 8.08. The number of nitrogens with zero attached hydrogens (tertiary/aromatic N) is 2. The van der Waals surface area contributed by atoms with Crippen LogP contribution in [0.5, 0.6) is 23.0 Å². The number of thioether (sulfide) groups is 1. The quantitative estimate of drug-likeness (QED) is 0.208. The molecule has 2 fully saturated rings. The molecule has 3 aromatic carbocycles. The average Bonchev–Trinajstić information content (AvgIpc) is 3.82. The number of phenolic OH excluding ortho intramolecular Hbond substituents is 1. The summed E-state index contributed by atoms with van der Waals surface area (Å²) in [6.45, 7) is 8.87. The van der Waals surface area contributed by atoms with E-state index in [0.29, 0.717) is 54.4 Å². The van der Waals surface area contributed by atoms with Crippen LogP contribution in [-0.2, 0) is 27.9 Å². The van der Waals surface area contributed by atoms with E-state index in [-0.39, 0.29) is 54.9 Å². The number of aliphatic hydroxyl groups is 2. The van der Waals surface area contributed by atoms with Crippen molar-refractivity contribution in [3.63, 3.8) is 0 Å². The number of hydrogen-bond acceptors (Lipinski definition) is 13. The number of ether oxygens (including phenoxy) is 4. The number of nitrogens with one attached hydrogen (secondary N) is 1. The highest BCUT2D eigenvalue weighted by molar-refractivity contribution is 7.99. The Hall–Kier alpha value is -3.98. The summed E-state index contributed by atoms with van der Waals surface area (Å²) in [5.74, 6) is 2.23. The maximum absolute atomic E-state index is 14.8. The molecule has 8 heterocycles. The van der Waals surface area contributed by atoms with E-state index in [1.807, 2.05) is 31.2 Å². The first kappa shape index (κ1) is 35.4. The van der Waals surface area contributed by atoms with Crippen molar-refractivity contribution < 1.29 is 43.5 Å². The molecule has 0 radical (unpaired) electrons. The number of aryl methyl sites for hydroxylation is 1. The second kappa shape index (κ2) is 12.8. The number of aromatic hydroxyl groups is 1. The molecule has 7 aliphatic heterocycles. The fraction of sp³-hybridized carbons (Fsp3) is 0.500. The molecule has 8 atom stereocenters. The van der Waals surface area contributed by atoms with Gasteiger partial charge in [0.15, 0.2) is 28.5 Å². The normalized spacial score (nSPS) is 31.0. The Labute approximate surface area is 323 Å². The van der Waals surface area contributed by atoms with Crippen molar-refractivity contribution >= 4 is 28.7 Å². The second-order valence-corrected chi connectivity index (χ2v) is 17.0. The number of rotatable bonds is 3. The van der Waals surface area contributed by atoms with Gasteiger partial charge in [-0.15, -0.1) is 11.8 Å². The lowest BCUT2D eigenvalue weighted by Crippen LogP contribution is -2.70. The molecule has 0 aliphatic carbocycles. The van der Waals surface area contributed by atoms with Crippen LogP contribution in [-0.4, -0.2) is 94.9 Å². The topological polar surface area (TPSA) is 146 Å². The Morgan fingerprint density at radius 2 is 1.85 bits per heavy atom. The highest BCUT2D eigenvalue weighted by Crippen LogP contribution is 2.63. The van der Waals surface area contributed by atoms with Crippen LogP contribution in [0.4, 0.5) is 0 Å². The maximum Gasteiger partial charge on any atom is 0.335 e. The molecule has 2 saturated heterocycles. The Morgan fingerprint density at radius 3 is 2.64 bits per heavy atom. The summed E-state index contributed by atoms with van der Waals surface area (Å²) >= 11 is 1.62. The molecule has 4 bridgehead atoms. The molecule has 290 valence electrons. The van der Waals surface area contributed by atoms with Crippen LogP contribution in [0, 0.1) is 20.8 Å². The predicted octanol–water partition coefficient (Wildman–Crippen LogP) is 4.97. The minimum Gasteiger partial charge on any atom is -0.504 e. The second-order valence-electron chi connectivity index (χ2n) is 15.9. The molecule has 0 saturated carbocycles. The lowest BCUT2D eigenvalue weighted by molar-refractivity contribution is -0.181. The summed E-state index contributed by atoms with van der Waals surface area (Å²) in [7, 11) is 1.59. The summed E-state index contributed by atoms with van der Waals surface area (Å²) < 4.78 is 31.2. The Morgan fingerprint density at radius 1 is 1.05 bits per heavy atom. The monoisotopic (exact) mass is 769 g/mol. The molecule has 0 unspecified atom stereocenters. The first-order valence-corrected chi connectivity index (χ1v) is 20.4. The van der Waals surface area contributed by atoms with E-state index in [4.69, 9.17) is 23.4 Å². The van der Waals surface area contributed by atoms with Gasteiger partial charge >= 0.3 is 5.97 Å². The molecule has 1 spiro atoms. The van der Waals surface area contributed by atoms with Gasteiger partial charge in [-0.2, -0.15) is 0 Å². The average molecular weight is 770 g/mol. The van der Waals surface area contributed by atoms with Gasteiger partial charge in [-0.3, -0.25) is 15.1 Å². The number of furan rings is 1. The highest BCUT2D eigenvalue weighted by atomic mass is 32.2. The van der Waals surface area contributed by atoms with E-state index in [1.165, 1.54) is 0 Å². The number of fused-ring (bicyclic) bond motifs is 12. The standard InChI is InChI=1S/C42H47N3O9S/c1-6-44-27-14-22-13-19(2)35(50-5)34(47)30(22)32(44)33-38-29-20(3)21(4)36-37(53-18-52-36)31(29)26(45(33)40(27)48)11-12-51-41(49)42(17-55-38)39-25(15-23(16-46)43-42)24-9-7-8-10-28(24)54-39/h7-10,13,23,26-27,32-33,38,40,43,46-48H,6,11-12,14-18H2,1-5H3/t23-,26-,27-,32+,33+,38+,40-,42+/m0/s1. The van der Waals surface area contributed by atoms with E-state index in [0.717, 1.165) is 49.9 Å². The zero-order valence-electron chi connectivity index (χ0n) is 31.7. The third-order valence-corrected chi connectivity index (χ3v) is 14.8. The summed E-state index contributed by atoms with van der Waals surface area (Å²) in [4.78, 5) is 19.4. The third kappa shape index (κ3) is 4.74. The van der Waals surface area contributed by atoms with Gasteiger partial charge < -0.3 is 38.7 Å². The van der Waals surface area contributed by atoms with Crippen molar-refractivity contribution in [3.8, 4) is 23.0 Å². The van der Waals surface area contributed by atoms with Crippen molar-refractivity contribution in [2.45, 2.75) is 94.2 Å². The number of hydrogen-bond donors (Lipinski definition) is 4. The number of methoxy groups -OCH3 is 1. The van der Waals surface area contributed by atoms with Gasteiger partial charge in [-0.05, 0) is 74.0 Å². The van der Waals surface area contributed by atoms with Crippen molar-refractivity contribution in [2.24, 2.45) is 0 Å². The molecule has 4 N–H and O–H groups in total. The molecular formula is C42H47N3O9S. The molecule has 4 aromatic rings. The Bertz CT molecular complexity index is 2260. The Balaban J connectivity index is 1.23. The van der Waals surface area contributed by atoms with Crippen molar-refractivity contribution in [1.29, 1.82) is 0 Å². The molecule has 13 heteroatoms. The van der Waals surface area contributed by atoms with E-state index in [1.54, 1.807) is 18.9 Å².